The molecule has 1 unspecified atom stereocenters. The summed E-state index contributed by atoms with van der Waals surface area (Å²) >= 11 is 0. The van der Waals surface area contributed by atoms with Gasteiger partial charge in [0.25, 0.3) is 0 Å². The molecule has 6 nitrogen and oxygen atoms in total. The molecule has 0 saturated carbocycles. The lowest BCUT2D eigenvalue weighted by Gasteiger charge is -2.30. The normalized spacial score (nSPS) is 19.4. The first-order chi connectivity index (χ1) is 8.99. The van der Waals surface area contributed by atoms with E-state index in [1.165, 1.54) is 6.20 Å². The van der Waals surface area contributed by atoms with Gasteiger partial charge < -0.3 is 15.3 Å². The molecule has 1 atom stereocenters. The molecule has 2 rings (SSSR count). The summed E-state index contributed by atoms with van der Waals surface area (Å²) in [5.41, 5.74) is -0.419. The van der Waals surface area contributed by atoms with Crippen molar-refractivity contribution in [2.45, 2.75) is 18.9 Å². The van der Waals surface area contributed by atoms with E-state index in [-0.39, 0.29) is 17.8 Å². The first-order valence-corrected chi connectivity index (χ1v) is 5.87. The molecular weight excluding hydrogens is 253 g/mol. The second kappa shape index (κ2) is 5.21. The van der Waals surface area contributed by atoms with Gasteiger partial charge in [-0.3, -0.25) is 4.79 Å². The fourth-order valence-corrected chi connectivity index (χ4v) is 2.03. The van der Waals surface area contributed by atoms with Crippen molar-refractivity contribution in [3.05, 3.63) is 23.6 Å². The Morgan fingerprint density at radius 1 is 1.63 bits per heavy atom. The van der Waals surface area contributed by atoms with E-state index in [0.717, 1.165) is 6.07 Å². The van der Waals surface area contributed by atoms with Crippen molar-refractivity contribution < 1.29 is 19.1 Å². The number of likely N-dealkylation sites (N-methyl/N-ethyl adjacent to an activating group) is 1. The fourth-order valence-electron chi connectivity index (χ4n) is 2.03. The summed E-state index contributed by atoms with van der Waals surface area (Å²) in [7, 11) is 1.67. The van der Waals surface area contributed by atoms with E-state index in [2.05, 4.69) is 10.3 Å². The van der Waals surface area contributed by atoms with E-state index in [1.807, 2.05) is 0 Å². The number of rotatable bonds is 3. The van der Waals surface area contributed by atoms with Gasteiger partial charge >= 0.3 is 5.97 Å². The van der Waals surface area contributed by atoms with Crippen LogP contribution >= 0.6 is 0 Å². The van der Waals surface area contributed by atoms with E-state index in [9.17, 15) is 14.0 Å². The van der Waals surface area contributed by atoms with Crippen molar-refractivity contribution in [2.24, 2.45) is 0 Å². The van der Waals surface area contributed by atoms with Gasteiger partial charge in [0.15, 0.2) is 11.6 Å². The summed E-state index contributed by atoms with van der Waals surface area (Å²) < 4.78 is 13.9. The maximum absolute atomic E-state index is 13.9. The second-order valence-corrected chi connectivity index (χ2v) is 4.48. The number of anilines is 1. The number of carbonyl (C=O) groups excluding carboxylic acids is 1. The molecule has 2 heterocycles. The maximum atomic E-state index is 13.9. The van der Waals surface area contributed by atoms with Gasteiger partial charge in [-0.25, -0.2) is 14.2 Å². The molecule has 0 spiro atoms. The van der Waals surface area contributed by atoms with E-state index < -0.39 is 17.3 Å². The summed E-state index contributed by atoms with van der Waals surface area (Å²) in [5, 5.41) is 11.7. The Balaban J connectivity index is 2.13. The molecule has 1 fully saturated rings. The highest BCUT2D eigenvalue weighted by Gasteiger charge is 2.24. The highest BCUT2D eigenvalue weighted by atomic mass is 19.1. The zero-order valence-electron chi connectivity index (χ0n) is 10.4. The molecule has 1 aliphatic rings. The van der Waals surface area contributed by atoms with Crippen LogP contribution in [0.1, 0.15) is 23.2 Å². The van der Waals surface area contributed by atoms with Crippen LogP contribution in [-0.4, -0.2) is 46.5 Å². The molecule has 7 heteroatoms. The van der Waals surface area contributed by atoms with Gasteiger partial charge in [0.1, 0.15) is 5.56 Å². The largest absolute Gasteiger partial charge is 0.478 e. The summed E-state index contributed by atoms with van der Waals surface area (Å²) in [4.78, 5) is 27.5. The van der Waals surface area contributed by atoms with Crippen molar-refractivity contribution in [1.29, 1.82) is 0 Å². The van der Waals surface area contributed by atoms with Crippen LogP contribution in [0.5, 0.6) is 0 Å². The van der Waals surface area contributed by atoms with Crippen molar-refractivity contribution in [2.75, 3.05) is 18.9 Å². The number of nitrogens with one attached hydrogen (secondary N) is 1. The Morgan fingerprint density at radius 3 is 3.00 bits per heavy atom. The van der Waals surface area contributed by atoms with Gasteiger partial charge in [-0.1, -0.05) is 0 Å². The average molecular weight is 267 g/mol. The second-order valence-electron chi connectivity index (χ2n) is 4.48. The number of aromatic carboxylic acids is 1. The minimum absolute atomic E-state index is 0.0470. The zero-order valence-corrected chi connectivity index (χ0v) is 10.4. The van der Waals surface area contributed by atoms with E-state index in [4.69, 9.17) is 5.11 Å². The van der Waals surface area contributed by atoms with Gasteiger partial charge in [-0.05, 0) is 12.5 Å². The van der Waals surface area contributed by atoms with Crippen molar-refractivity contribution in [3.63, 3.8) is 0 Å². The summed E-state index contributed by atoms with van der Waals surface area (Å²) in [6.45, 7) is 0.442. The molecule has 2 N–H and O–H groups in total. The molecule has 19 heavy (non-hydrogen) atoms. The zero-order chi connectivity index (χ0) is 14.0. The van der Waals surface area contributed by atoms with Crippen LogP contribution in [0.3, 0.4) is 0 Å². The number of likely N-dealkylation sites (tertiary alicyclic amines) is 1. The van der Waals surface area contributed by atoms with Crippen LogP contribution in [0.15, 0.2) is 12.3 Å². The highest BCUT2D eigenvalue weighted by Crippen LogP contribution is 2.19. The Bertz CT molecular complexity index is 521. The number of hydrogen-bond acceptors (Lipinski definition) is 4. The Labute approximate surface area is 109 Å². The molecule has 1 aromatic heterocycles. The predicted molar refractivity (Wildman–Crippen MR) is 65.4 cm³/mol. The molecule has 1 aliphatic heterocycles. The Hall–Kier alpha value is -2.18. The number of hydrogen-bond donors (Lipinski definition) is 2. The maximum Gasteiger partial charge on any atom is 0.338 e. The molecule has 1 aromatic rings. The van der Waals surface area contributed by atoms with Crippen LogP contribution < -0.4 is 5.32 Å². The first-order valence-electron chi connectivity index (χ1n) is 5.87. The lowest BCUT2D eigenvalue weighted by molar-refractivity contribution is -0.132. The molecule has 0 radical (unpaired) electrons. The van der Waals surface area contributed by atoms with Gasteiger partial charge in [0.2, 0.25) is 5.91 Å². The number of amides is 1. The Morgan fingerprint density at radius 2 is 2.37 bits per heavy atom. The van der Waals surface area contributed by atoms with Crippen LogP contribution in [0.25, 0.3) is 0 Å². The van der Waals surface area contributed by atoms with Gasteiger partial charge in [-0.15, -0.1) is 0 Å². The first kappa shape index (κ1) is 13.3. The molecular formula is C12H14FN3O3. The number of carbonyl (C=O) groups is 2. The van der Waals surface area contributed by atoms with E-state index >= 15 is 0 Å². The van der Waals surface area contributed by atoms with Gasteiger partial charge in [-0.2, -0.15) is 0 Å². The number of carboxylic acids is 1. The lowest BCUT2D eigenvalue weighted by Crippen LogP contribution is -2.43. The third-order valence-corrected chi connectivity index (χ3v) is 3.09. The fraction of sp³-hybridized carbons (Fsp3) is 0.417. The van der Waals surface area contributed by atoms with Gasteiger partial charge in [0.05, 0.1) is 0 Å². The van der Waals surface area contributed by atoms with Crippen LogP contribution in [0.4, 0.5) is 10.2 Å². The predicted octanol–water partition coefficient (Wildman–Crippen LogP) is 0.952. The highest BCUT2D eigenvalue weighted by molar-refractivity contribution is 5.88. The van der Waals surface area contributed by atoms with Crippen LogP contribution in [0, 0.1) is 5.82 Å². The van der Waals surface area contributed by atoms with Crippen LogP contribution in [-0.2, 0) is 4.79 Å². The standard InChI is InChI=1S/C12H14FN3O3/c1-16-6-7(2-3-9(16)17)15-11-10(13)8(12(18)19)4-5-14-11/h4-5,7H,2-3,6H2,1H3,(H,14,15)(H,18,19). The minimum atomic E-state index is -1.33. The summed E-state index contributed by atoms with van der Waals surface area (Å²) in [5.74, 6) is -2.26. The molecule has 102 valence electrons. The molecule has 1 amide bonds. The topological polar surface area (TPSA) is 82.5 Å². The summed E-state index contributed by atoms with van der Waals surface area (Å²) in [6, 6.07) is 0.980. The number of piperidine rings is 1. The number of halogens is 1. The lowest BCUT2D eigenvalue weighted by atomic mass is 10.1. The van der Waals surface area contributed by atoms with Crippen molar-refractivity contribution in [3.8, 4) is 0 Å². The average Bonchev–Trinajstić information content (AvgIpc) is 2.36. The quantitative estimate of drug-likeness (QED) is 0.852. The molecule has 0 bridgehead atoms. The molecule has 0 aromatic carbocycles. The third kappa shape index (κ3) is 2.81. The SMILES string of the molecule is CN1CC(Nc2nccc(C(=O)O)c2F)CCC1=O. The third-order valence-electron chi connectivity index (χ3n) is 3.09. The smallest absolute Gasteiger partial charge is 0.338 e. The molecule has 0 aliphatic carbocycles. The van der Waals surface area contributed by atoms with E-state index in [1.54, 1.807) is 11.9 Å². The number of pyridine rings is 1. The minimum Gasteiger partial charge on any atom is -0.478 e. The van der Waals surface area contributed by atoms with Crippen molar-refractivity contribution in [1.82, 2.24) is 9.88 Å². The number of carboxylic acid groups (broad SMARTS) is 1. The van der Waals surface area contributed by atoms with Crippen molar-refractivity contribution >= 4 is 17.7 Å². The van der Waals surface area contributed by atoms with E-state index in [0.29, 0.717) is 19.4 Å². The number of aromatic nitrogens is 1. The van der Waals surface area contributed by atoms with Crippen LogP contribution in [0.2, 0.25) is 0 Å². The number of nitrogens with zero attached hydrogens (tertiary/aromatic N) is 2. The molecule has 1 saturated heterocycles. The summed E-state index contributed by atoms with van der Waals surface area (Å²) in [6.07, 6.45) is 2.20. The monoisotopic (exact) mass is 267 g/mol. The Kier molecular flexibility index (Phi) is 3.64. The van der Waals surface area contributed by atoms with Gasteiger partial charge in [0, 0.05) is 32.3 Å².